The second-order valence-electron chi connectivity index (χ2n) is 4.74. The van der Waals surface area contributed by atoms with Crippen molar-refractivity contribution in [2.75, 3.05) is 0 Å². The molecule has 0 aliphatic heterocycles. The fourth-order valence-corrected chi connectivity index (χ4v) is 2.38. The molecule has 0 spiro atoms. The van der Waals surface area contributed by atoms with E-state index in [1.807, 2.05) is 6.92 Å². The zero-order chi connectivity index (χ0) is 12.6. The Labute approximate surface area is 99.8 Å². The number of carbonyl (C=O) groups is 2. The third kappa shape index (κ3) is 1.78. The fraction of sp³-hybridized carbons (Fsp3) is 0.286. The molecule has 0 aromatic heterocycles. The number of Topliss-reactive ketones (excluding diaryl/α,β-unsaturated/α-hetero) is 1. The maximum Gasteiger partial charge on any atom is 0.335 e. The monoisotopic (exact) mass is 230 g/mol. The summed E-state index contributed by atoms with van der Waals surface area (Å²) in [5.74, 6) is -0.978. The van der Waals surface area contributed by atoms with Gasteiger partial charge in [0.1, 0.15) is 0 Å². The van der Waals surface area contributed by atoms with Crippen molar-refractivity contribution >= 4 is 11.8 Å². The normalized spacial score (nSPS) is 22.3. The molecule has 1 aromatic rings. The van der Waals surface area contributed by atoms with Crippen LogP contribution in [0, 0.1) is 5.41 Å². The minimum Gasteiger partial charge on any atom is -0.478 e. The van der Waals surface area contributed by atoms with Gasteiger partial charge in [-0.2, -0.15) is 0 Å². The van der Waals surface area contributed by atoms with Crippen LogP contribution in [0.3, 0.4) is 0 Å². The van der Waals surface area contributed by atoms with Gasteiger partial charge in [-0.05, 0) is 30.5 Å². The molecule has 0 saturated heterocycles. The second kappa shape index (κ2) is 3.84. The van der Waals surface area contributed by atoms with E-state index < -0.39 is 11.4 Å². The second-order valence-corrected chi connectivity index (χ2v) is 4.74. The predicted molar refractivity (Wildman–Crippen MR) is 64.4 cm³/mol. The smallest absolute Gasteiger partial charge is 0.335 e. The molecule has 1 N–H and O–H groups in total. The molecule has 1 aliphatic rings. The summed E-state index contributed by atoms with van der Waals surface area (Å²) in [5.41, 5.74) is 1.19. The van der Waals surface area contributed by atoms with E-state index in [2.05, 4.69) is 6.58 Å². The standard InChI is InChI=1S/C14H14O3/c1-3-6-14(2)8-10-5-4-9(13(16)17)7-11(10)12(14)15/h3-5,7H,1,6,8H2,2H3,(H,16,17). The number of benzene rings is 1. The fourth-order valence-electron chi connectivity index (χ4n) is 2.38. The van der Waals surface area contributed by atoms with Crippen molar-refractivity contribution in [1.82, 2.24) is 0 Å². The minimum absolute atomic E-state index is 0.0236. The van der Waals surface area contributed by atoms with Crippen LogP contribution in [0.4, 0.5) is 0 Å². The number of carboxylic acids is 1. The summed E-state index contributed by atoms with van der Waals surface area (Å²) >= 11 is 0. The lowest BCUT2D eigenvalue weighted by molar-refractivity contribution is 0.0697. The SMILES string of the molecule is C=CCC1(C)Cc2ccc(C(=O)O)cc2C1=O. The molecule has 1 aromatic carbocycles. The third-order valence-electron chi connectivity index (χ3n) is 3.33. The van der Waals surface area contributed by atoms with Crippen molar-refractivity contribution < 1.29 is 14.7 Å². The molecule has 0 radical (unpaired) electrons. The van der Waals surface area contributed by atoms with Crippen LogP contribution >= 0.6 is 0 Å². The van der Waals surface area contributed by atoms with Crippen molar-refractivity contribution in [3.63, 3.8) is 0 Å². The Balaban J connectivity index is 2.46. The highest BCUT2D eigenvalue weighted by Crippen LogP contribution is 2.39. The van der Waals surface area contributed by atoms with Gasteiger partial charge in [0, 0.05) is 11.0 Å². The molecule has 0 saturated carbocycles. The Bertz CT molecular complexity index is 516. The van der Waals surface area contributed by atoms with Crippen LogP contribution in [0.15, 0.2) is 30.9 Å². The molecule has 1 unspecified atom stereocenters. The van der Waals surface area contributed by atoms with Gasteiger partial charge in [0.05, 0.1) is 5.56 Å². The number of aromatic carboxylic acids is 1. The molecule has 0 heterocycles. The summed E-state index contributed by atoms with van der Waals surface area (Å²) < 4.78 is 0. The molecule has 1 atom stereocenters. The average Bonchev–Trinajstić information content (AvgIpc) is 2.51. The summed E-state index contributed by atoms with van der Waals surface area (Å²) in [5, 5.41) is 8.91. The van der Waals surface area contributed by atoms with Crippen LogP contribution < -0.4 is 0 Å². The van der Waals surface area contributed by atoms with Gasteiger partial charge in [-0.1, -0.05) is 19.1 Å². The van der Waals surface area contributed by atoms with E-state index in [9.17, 15) is 9.59 Å². The van der Waals surface area contributed by atoms with Crippen LogP contribution in [-0.2, 0) is 6.42 Å². The molecule has 17 heavy (non-hydrogen) atoms. The van der Waals surface area contributed by atoms with Gasteiger partial charge in [0.15, 0.2) is 5.78 Å². The van der Waals surface area contributed by atoms with Gasteiger partial charge in [-0.3, -0.25) is 4.79 Å². The van der Waals surface area contributed by atoms with Gasteiger partial charge in [0.25, 0.3) is 0 Å². The van der Waals surface area contributed by atoms with Gasteiger partial charge < -0.3 is 5.11 Å². The number of carboxylic acid groups (broad SMARTS) is 1. The van der Waals surface area contributed by atoms with Crippen molar-refractivity contribution in [2.45, 2.75) is 19.8 Å². The highest BCUT2D eigenvalue weighted by Gasteiger charge is 2.40. The lowest BCUT2D eigenvalue weighted by atomic mass is 9.83. The first-order valence-electron chi connectivity index (χ1n) is 5.50. The molecule has 2 rings (SSSR count). The van der Waals surface area contributed by atoms with Crippen LogP contribution in [0.5, 0.6) is 0 Å². The first-order chi connectivity index (χ1) is 7.98. The first-order valence-corrected chi connectivity index (χ1v) is 5.50. The zero-order valence-electron chi connectivity index (χ0n) is 9.69. The average molecular weight is 230 g/mol. The van der Waals surface area contributed by atoms with E-state index in [4.69, 9.17) is 5.11 Å². The van der Waals surface area contributed by atoms with Crippen molar-refractivity contribution in [2.24, 2.45) is 5.41 Å². The number of allylic oxidation sites excluding steroid dienone is 1. The van der Waals surface area contributed by atoms with E-state index in [0.717, 1.165) is 5.56 Å². The van der Waals surface area contributed by atoms with Gasteiger partial charge >= 0.3 is 5.97 Å². The van der Waals surface area contributed by atoms with E-state index in [1.165, 1.54) is 6.07 Å². The maximum atomic E-state index is 12.2. The lowest BCUT2D eigenvalue weighted by Crippen LogP contribution is -2.23. The van der Waals surface area contributed by atoms with Crippen molar-refractivity contribution in [3.05, 3.63) is 47.5 Å². The lowest BCUT2D eigenvalue weighted by Gasteiger charge is -2.19. The number of carbonyl (C=O) groups excluding carboxylic acids is 1. The number of hydrogen-bond donors (Lipinski definition) is 1. The molecule has 3 heteroatoms. The number of ketones is 1. The highest BCUT2D eigenvalue weighted by molar-refractivity contribution is 6.06. The van der Waals surface area contributed by atoms with Gasteiger partial charge in [-0.15, -0.1) is 6.58 Å². The van der Waals surface area contributed by atoms with Gasteiger partial charge in [-0.25, -0.2) is 4.79 Å². The third-order valence-corrected chi connectivity index (χ3v) is 3.33. The Morgan fingerprint density at radius 2 is 2.29 bits per heavy atom. The van der Waals surface area contributed by atoms with E-state index in [0.29, 0.717) is 18.4 Å². The summed E-state index contributed by atoms with van der Waals surface area (Å²) in [6.07, 6.45) is 3.01. The first kappa shape index (κ1) is 11.6. The van der Waals surface area contributed by atoms with E-state index >= 15 is 0 Å². The Kier molecular flexibility index (Phi) is 2.62. The molecule has 3 nitrogen and oxygen atoms in total. The quantitative estimate of drug-likeness (QED) is 0.812. The van der Waals surface area contributed by atoms with Gasteiger partial charge in [0.2, 0.25) is 0 Å². The van der Waals surface area contributed by atoms with E-state index in [-0.39, 0.29) is 11.3 Å². The molecule has 1 aliphatic carbocycles. The Morgan fingerprint density at radius 3 is 2.88 bits per heavy atom. The Morgan fingerprint density at radius 1 is 1.59 bits per heavy atom. The van der Waals surface area contributed by atoms with Crippen LogP contribution in [-0.4, -0.2) is 16.9 Å². The molecule has 88 valence electrons. The largest absolute Gasteiger partial charge is 0.478 e. The topological polar surface area (TPSA) is 54.4 Å². The summed E-state index contributed by atoms with van der Waals surface area (Å²) in [6, 6.07) is 4.77. The molecule has 0 amide bonds. The summed E-state index contributed by atoms with van der Waals surface area (Å²) in [7, 11) is 0. The Hall–Kier alpha value is -1.90. The zero-order valence-corrected chi connectivity index (χ0v) is 9.69. The van der Waals surface area contributed by atoms with Crippen molar-refractivity contribution in [3.8, 4) is 0 Å². The molecule has 0 fully saturated rings. The van der Waals surface area contributed by atoms with Crippen LogP contribution in [0.25, 0.3) is 0 Å². The molecular weight excluding hydrogens is 216 g/mol. The molecule has 0 bridgehead atoms. The van der Waals surface area contributed by atoms with E-state index in [1.54, 1.807) is 18.2 Å². The number of hydrogen-bond acceptors (Lipinski definition) is 2. The van der Waals surface area contributed by atoms with Crippen molar-refractivity contribution in [1.29, 1.82) is 0 Å². The number of rotatable bonds is 3. The summed E-state index contributed by atoms with van der Waals surface area (Å²) in [4.78, 5) is 23.1. The predicted octanol–water partition coefficient (Wildman–Crippen LogP) is 2.71. The summed E-state index contributed by atoms with van der Waals surface area (Å²) in [6.45, 7) is 5.57. The highest BCUT2D eigenvalue weighted by atomic mass is 16.4. The van der Waals surface area contributed by atoms with Crippen LogP contribution in [0.1, 0.15) is 39.6 Å². The minimum atomic E-state index is -1.00. The maximum absolute atomic E-state index is 12.2. The molecular formula is C14H14O3. The van der Waals surface area contributed by atoms with Crippen LogP contribution in [0.2, 0.25) is 0 Å². The number of fused-ring (bicyclic) bond motifs is 1.